The Balaban J connectivity index is 1.28. The van der Waals surface area contributed by atoms with E-state index in [0.29, 0.717) is 23.4 Å². The number of methoxy groups -OCH3 is 1. The number of likely N-dealkylation sites (N-methyl/N-ethyl adjacent to an activating group) is 1. The van der Waals surface area contributed by atoms with Gasteiger partial charge in [0.1, 0.15) is 34.1 Å². The molecule has 2 N–H and O–H groups in total. The highest BCUT2D eigenvalue weighted by Crippen LogP contribution is 2.40. The highest BCUT2D eigenvalue weighted by atomic mass is 32.2. The number of sulfonamides is 1. The number of aromatic nitrogens is 5. The zero-order valence-electron chi connectivity index (χ0n) is 28.5. The molecule has 2 aliphatic heterocycles. The van der Waals surface area contributed by atoms with Gasteiger partial charge in [0.2, 0.25) is 21.9 Å². The van der Waals surface area contributed by atoms with E-state index in [1.165, 1.54) is 38.7 Å². The lowest BCUT2D eigenvalue weighted by molar-refractivity contribution is -0.137. The first-order valence-corrected chi connectivity index (χ1v) is 18.0. The van der Waals surface area contributed by atoms with Crippen molar-refractivity contribution >= 4 is 55.7 Å². The predicted octanol–water partition coefficient (Wildman–Crippen LogP) is 4.25. The first-order chi connectivity index (χ1) is 23.7. The van der Waals surface area contributed by atoms with Gasteiger partial charge in [-0.25, -0.2) is 13.4 Å². The van der Waals surface area contributed by atoms with Gasteiger partial charge in [0.05, 0.1) is 24.6 Å². The third-order valence-electron chi connectivity index (χ3n) is 9.18. The molecule has 2 fully saturated rings. The molecule has 0 saturated carbocycles. The van der Waals surface area contributed by atoms with Gasteiger partial charge >= 0.3 is 6.18 Å². The normalized spacial score (nSPS) is 16.8. The summed E-state index contributed by atoms with van der Waals surface area (Å²) in [4.78, 5) is 28.6. The van der Waals surface area contributed by atoms with Gasteiger partial charge in [-0.3, -0.25) is 19.2 Å². The molecule has 0 spiro atoms. The summed E-state index contributed by atoms with van der Waals surface area (Å²) in [5, 5.41) is 5.67. The van der Waals surface area contributed by atoms with Gasteiger partial charge in [0.25, 0.3) is 0 Å². The number of ether oxygens (including phenoxy) is 1. The number of alkyl halides is 3. The van der Waals surface area contributed by atoms with Crippen molar-refractivity contribution in [2.24, 2.45) is 0 Å². The van der Waals surface area contributed by atoms with Gasteiger partial charge in [0, 0.05) is 70.9 Å². The molecule has 0 amide bonds. The van der Waals surface area contributed by atoms with Crippen LogP contribution in [0.5, 0.6) is 5.88 Å². The topological polar surface area (TPSA) is 145 Å². The van der Waals surface area contributed by atoms with Crippen molar-refractivity contribution in [3.05, 3.63) is 47.9 Å². The number of hydrogen-bond donors (Lipinski definition) is 2. The van der Waals surface area contributed by atoms with Crippen molar-refractivity contribution in [2.75, 3.05) is 86.6 Å². The average Bonchev–Trinajstić information content (AvgIpc) is 3.08. The smallest absolute Gasteiger partial charge is 0.421 e. The van der Waals surface area contributed by atoms with E-state index in [2.05, 4.69) is 52.3 Å². The van der Waals surface area contributed by atoms with Gasteiger partial charge < -0.3 is 25.2 Å². The molecular weight excluding hydrogens is 675 g/mol. The fraction of sp³-hybridized carbons (Fsp3) is 0.469. The number of benzene rings is 1. The molecular formula is C32H40F3N11O3S. The predicted molar refractivity (Wildman–Crippen MR) is 186 cm³/mol. The minimum absolute atomic E-state index is 0.00370. The molecule has 0 aliphatic carbocycles. The van der Waals surface area contributed by atoms with Gasteiger partial charge in [0.15, 0.2) is 0 Å². The Labute approximate surface area is 288 Å². The molecule has 2 saturated heterocycles. The van der Waals surface area contributed by atoms with Gasteiger partial charge in [-0.1, -0.05) is 0 Å². The highest BCUT2D eigenvalue weighted by molar-refractivity contribution is 7.92. The standard InChI is InChI=1S/C32H40F3N11O3S/c1-20-18-25(30(49-4)42-29(20)46-12-8-21(9-13-46)45-16-14-43(2)15-17-45)40-31-38-19-22(32(33,34)35)28(41-31)39-24-7-6-23-26(37-11-10-36-23)27(24)44(3)50(5,47)48/h6-7,10-11,18-19,21H,8-9,12-17H2,1-5H3,(H2,38,39,40,41). The van der Waals surface area contributed by atoms with Gasteiger partial charge in [-0.15, -0.1) is 0 Å². The zero-order valence-corrected chi connectivity index (χ0v) is 29.3. The van der Waals surface area contributed by atoms with Crippen LogP contribution in [0.2, 0.25) is 0 Å². The maximum absolute atomic E-state index is 14.2. The molecule has 2 aliphatic rings. The molecule has 268 valence electrons. The number of piperidine rings is 1. The van der Waals surface area contributed by atoms with Crippen LogP contribution < -0.4 is 24.6 Å². The summed E-state index contributed by atoms with van der Waals surface area (Å²) < 4.78 is 74.4. The van der Waals surface area contributed by atoms with E-state index in [9.17, 15) is 21.6 Å². The molecule has 0 radical (unpaired) electrons. The third kappa shape index (κ3) is 7.46. The molecule has 14 nitrogen and oxygen atoms in total. The van der Waals surface area contributed by atoms with E-state index in [-0.39, 0.29) is 28.7 Å². The summed E-state index contributed by atoms with van der Waals surface area (Å²) in [6.45, 7) is 7.91. The van der Waals surface area contributed by atoms with E-state index in [1.807, 2.05) is 13.0 Å². The van der Waals surface area contributed by atoms with Gasteiger partial charge in [-0.05, 0) is 50.6 Å². The highest BCUT2D eigenvalue weighted by Gasteiger charge is 2.36. The van der Waals surface area contributed by atoms with Crippen LogP contribution in [0.25, 0.3) is 11.0 Å². The molecule has 1 aromatic carbocycles. The quantitative estimate of drug-likeness (QED) is 0.255. The number of fused-ring (bicyclic) bond motifs is 1. The number of halogens is 3. The molecule has 4 aromatic rings. The summed E-state index contributed by atoms with van der Waals surface area (Å²) in [6, 6.07) is 5.29. The van der Waals surface area contributed by atoms with E-state index >= 15 is 0 Å². The first kappa shape index (κ1) is 35.3. The summed E-state index contributed by atoms with van der Waals surface area (Å²) in [5.41, 5.74) is 0.587. The zero-order chi connectivity index (χ0) is 35.8. The molecule has 0 atom stereocenters. The minimum Gasteiger partial charge on any atom is -0.479 e. The van der Waals surface area contributed by atoms with Crippen LogP contribution in [0.1, 0.15) is 24.0 Å². The van der Waals surface area contributed by atoms with Gasteiger partial charge in [-0.2, -0.15) is 23.1 Å². The van der Waals surface area contributed by atoms with E-state index in [1.54, 1.807) is 0 Å². The lowest BCUT2D eigenvalue weighted by atomic mass is 10.0. The summed E-state index contributed by atoms with van der Waals surface area (Å²) in [5.74, 6) is 0.237. The largest absolute Gasteiger partial charge is 0.479 e. The molecule has 18 heteroatoms. The molecule has 50 heavy (non-hydrogen) atoms. The minimum atomic E-state index is -4.84. The number of rotatable bonds is 9. The van der Waals surface area contributed by atoms with Crippen molar-refractivity contribution in [2.45, 2.75) is 32.0 Å². The SMILES string of the molecule is COc1nc(N2CCC(N3CCN(C)CC3)CC2)c(C)cc1Nc1ncc(C(F)(F)F)c(Nc2ccc3nccnc3c2N(C)S(C)(=O)=O)n1. The number of aryl methyl sites for hydroxylation is 1. The molecule has 0 bridgehead atoms. The van der Waals surface area contributed by atoms with Crippen LogP contribution in [0, 0.1) is 6.92 Å². The fourth-order valence-corrected chi connectivity index (χ4v) is 6.90. The van der Waals surface area contributed by atoms with Crippen LogP contribution in [0.15, 0.2) is 36.8 Å². The van der Waals surface area contributed by atoms with Crippen molar-refractivity contribution < 1.29 is 26.3 Å². The van der Waals surface area contributed by atoms with Crippen molar-refractivity contribution in [3.8, 4) is 5.88 Å². The third-order valence-corrected chi connectivity index (χ3v) is 10.4. The Morgan fingerprint density at radius 3 is 2.32 bits per heavy atom. The monoisotopic (exact) mass is 715 g/mol. The van der Waals surface area contributed by atoms with Crippen molar-refractivity contribution in [1.29, 1.82) is 0 Å². The Hall–Kier alpha value is -4.55. The maximum Gasteiger partial charge on any atom is 0.421 e. The molecule has 3 aromatic heterocycles. The summed E-state index contributed by atoms with van der Waals surface area (Å²) in [6.07, 6.45) is 1.63. The Bertz CT molecular complexity index is 1970. The lowest BCUT2D eigenvalue weighted by Gasteiger charge is -2.42. The number of pyridine rings is 1. The van der Waals surface area contributed by atoms with Crippen molar-refractivity contribution in [3.63, 3.8) is 0 Å². The molecule has 5 heterocycles. The number of nitrogens with one attached hydrogen (secondary N) is 2. The Morgan fingerprint density at radius 2 is 1.66 bits per heavy atom. The second kappa shape index (κ2) is 14.0. The molecule has 6 rings (SSSR count). The first-order valence-electron chi connectivity index (χ1n) is 16.1. The average molecular weight is 716 g/mol. The van der Waals surface area contributed by atoms with E-state index < -0.39 is 27.6 Å². The second-order valence-corrected chi connectivity index (χ2v) is 14.6. The van der Waals surface area contributed by atoms with Crippen molar-refractivity contribution in [1.82, 2.24) is 34.7 Å². The second-order valence-electron chi connectivity index (χ2n) is 12.6. The molecule has 0 unspecified atom stereocenters. The van der Waals surface area contributed by atoms with Crippen LogP contribution >= 0.6 is 0 Å². The Kier molecular flexibility index (Phi) is 9.87. The van der Waals surface area contributed by atoms with E-state index in [0.717, 1.165) is 74.1 Å². The number of hydrogen-bond acceptors (Lipinski definition) is 13. The van der Waals surface area contributed by atoms with Crippen LogP contribution in [0.3, 0.4) is 0 Å². The fourth-order valence-electron chi connectivity index (χ4n) is 6.38. The van der Waals surface area contributed by atoms with Crippen LogP contribution in [-0.4, -0.2) is 116 Å². The summed E-state index contributed by atoms with van der Waals surface area (Å²) >= 11 is 0. The Morgan fingerprint density at radius 1 is 0.960 bits per heavy atom. The maximum atomic E-state index is 14.2. The van der Waals surface area contributed by atoms with Crippen LogP contribution in [0.4, 0.5) is 47.8 Å². The van der Waals surface area contributed by atoms with E-state index in [4.69, 9.17) is 9.72 Å². The number of anilines is 6. The summed E-state index contributed by atoms with van der Waals surface area (Å²) in [7, 11) is 1.05. The number of nitrogens with zero attached hydrogens (tertiary/aromatic N) is 9. The number of piperazine rings is 1. The lowest BCUT2D eigenvalue weighted by Crippen LogP contribution is -2.52. The van der Waals surface area contributed by atoms with Crippen LogP contribution in [-0.2, 0) is 16.2 Å².